The highest BCUT2D eigenvalue weighted by atomic mass is 35.5. The molecule has 0 aromatic heterocycles. The van der Waals surface area contributed by atoms with Crippen molar-refractivity contribution in [3.8, 4) is 11.5 Å². The van der Waals surface area contributed by atoms with Crippen LogP contribution in [0.1, 0.15) is 5.56 Å². The first-order valence-corrected chi connectivity index (χ1v) is 7.58. The van der Waals surface area contributed by atoms with Crippen LogP contribution in [0.2, 0.25) is 5.02 Å². The van der Waals surface area contributed by atoms with Gasteiger partial charge in [0, 0.05) is 10.6 Å². The Bertz CT molecular complexity index is 771. The lowest BCUT2D eigenvalue weighted by atomic mass is 10.2. The molecule has 1 heterocycles. The number of para-hydroxylation sites is 1. The van der Waals surface area contributed by atoms with Crippen molar-refractivity contribution in [3.05, 3.63) is 64.0 Å². The third-order valence-electron chi connectivity index (χ3n) is 2.89. The fourth-order valence-corrected chi connectivity index (χ4v) is 2.68. The van der Waals surface area contributed by atoms with Crippen LogP contribution in [0, 0.1) is 0 Å². The quantitative estimate of drug-likeness (QED) is 0.844. The first kappa shape index (κ1) is 14.7. The Labute approximate surface area is 136 Å². The Morgan fingerprint density at radius 1 is 1.05 bits per heavy atom. The van der Waals surface area contributed by atoms with E-state index in [-0.39, 0.29) is 5.24 Å². The average molecular weight is 332 g/mol. The number of carbonyl (C=O) groups is 2. The zero-order chi connectivity index (χ0) is 15.5. The van der Waals surface area contributed by atoms with Gasteiger partial charge in [0.2, 0.25) is 0 Å². The second-order valence-corrected chi connectivity index (χ2v) is 5.90. The van der Waals surface area contributed by atoms with Gasteiger partial charge in [-0.05, 0) is 48.2 Å². The number of imide groups is 1. The van der Waals surface area contributed by atoms with E-state index in [1.807, 2.05) is 18.2 Å². The van der Waals surface area contributed by atoms with Crippen LogP contribution in [-0.4, -0.2) is 11.1 Å². The normalized spacial score (nSPS) is 16.0. The molecule has 0 saturated carbocycles. The Morgan fingerprint density at radius 3 is 2.45 bits per heavy atom. The molecule has 4 nitrogen and oxygen atoms in total. The van der Waals surface area contributed by atoms with Gasteiger partial charge >= 0.3 is 0 Å². The average Bonchev–Trinajstić information content (AvgIpc) is 2.81. The summed E-state index contributed by atoms with van der Waals surface area (Å²) in [5, 5.41) is 2.48. The van der Waals surface area contributed by atoms with Gasteiger partial charge < -0.3 is 4.74 Å². The fraction of sp³-hybridized carbons (Fsp3) is 0. The molecular formula is C16H10ClNO3S. The molecule has 0 spiro atoms. The molecule has 0 unspecified atom stereocenters. The van der Waals surface area contributed by atoms with Gasteiger partial charge in [0.15, 0.2) is 0 Å². The minimum Gasteiger partial charge on any atom is -0.457 e. The van der Waals surface area contributed by atoms with Crippen molar-refractivity contribution in [3.63, 3.8) is 0 Å². The van der Waals surface area contributed by atoms with Gasteiger partial charge in [-0.2, -0.15) is 0 Å². The number of benzene rings is 2. The molecule has 110 valence electrons. The number of nitrogens with one attached hydrogen (secondary N) is 1. The standard InChI is InChI=1S/C16H10ClNO3S/c17-11-5-7-12(8-6-11)21-13-4-2-1-3-10(13)9-14-15(19)18-16(20)22-14/h1-9H,(H,18,19,20)/b14-9+. The van der Waals surface area contributed by atoms with Crippen LogP contribution in [0.3, 0.4) is 0 Å². The van der Waals surface area contributed by atoms with E-state index in [2.05, 4.69) is 5.32 Å². The summed E-state index contributed by atoms with van der Waals surface area (Å²) in [7, 11) is 0. The molecule has 2 amide bonds. The van der Waals surface area contributed by atoms with Gasteiger partial charge in [0.05, 0.1) is 4.91 Å². The Morgan fingerprint density at radius 2 is 1.77 bits per heavy atom. The van der Waals surface area contributed by atoms with Crippen molar-refractivity contribution >= 4 is 40.6 Å². The topological polar surface area (TPSA) is 55.4 Å². The van der Waals surface area contributed by atoms with E-state index in [0.717, 1.165) is 11.8 Å². The van der Waals surface area contributed by atoms with Gasteiger partial charge in [0.1, 0.15) is 11.5 Å². The first-order chi connectivity index (χ1) is 10.6. The van der Waals surface area contributed by atoms with Crippen LogP contribution in [-0.2, 0) is 4.79 Å². The maximum Gasteiger partial charge on any atom is 0.290 e. The van der Waals surface area contributed by atoms with Crippen LogP contribution in [0.25, 0.3) is 6.08 Å². The second kappa shape index (κ2) is 6.25. The summed E-state index contributed by atoms with van der Waals surface area (Å²) in [6.45, 7) is 0. The van der Waals surface area contributed by atoms with Crippen LogP contribution in [0.15, 0.2) is 53.4 Å². The molecule has 1 aliphatic rings. The highest BCUT2D eigenvalue weighted by Gasteiger charge is 2.25. The van der Waals surface area contributed by atoms with Crippen LogP contribution < -0.4 is 10.1 Å². The molecular weight excluding hydrogens is 322 g/mol. The summed E-state index contributed by atoms with van der Waals surface area (Å²) in [6, 6.07) is 14.3. The van der Waals surface area contributed by atoms with Crippen molar-refractivity contribution in [2.45, 2.75) is 0 Å². The maximum atomic E-state index is 11.6. The summed E-state index contributed by atoms with van der Waals surface area (Å²) in [4.78, 5) is 23.2. The Hall–Kier alpha value is -2.24. The van der Waals surface area contributed by atoms with Crippen molar-refractivity contribution in [2.24, 2.45) is 0 Å². The smallest absolute Gasteiger partial charge is 0.290 e. The minimum absolute atomic E-state index is 0.345. The van der Waals surface area contributed by atoms with Gasteiger partial charge in [-0.15, -0.1) is 0 Å². The summed E-state index contributed by atoms with van der Waals surface area (Å²) < 4.78 is 5.81. The number of ether oxygens (including phenoxy) is 1. The zero-order valence-electron chi connectivity index (χ0n) is 11.2. The minimum atomic E-state index is -0.392. The molecule has 0 aliphatic carbocycles. The monoisotopic (exact) mass is 331 g/mol. The number of amides is 2. The lowest BCUT2D eigenvalue weighted by Gasteiger charge is -2.09. The molecule has 0 atom stereocenters. The van der Waals surface area contributed by atoms with E-state index in [1.165, 1.54) is 0 Å². The van der Waals surface area contributed by atoms with E-state index in [1.54, 1.807) is 36.4 Å². The highest BCUT2D eigenvalue weighted by molar-refractivity contribution is 8.18. The predicted octanol–water partition coefficient (Wildman–Crippen LogP) is 4.46. The fourth-order valence-electron chi connectivity index (χ4n) is 1.88. The summed E-state index contributed by atoms with van der Waals surface area (Å²) in [5.41, 5.74) is 0.713. The third-order valence-corrected chi connectivity index (χ3v) is 3.95. The Balaban J connectivity index is 1.90. The third kappa shape index (κ3) is 3.32. The van der Waals surface area contributed by atoms with Crippen molar-refractivity contribution < 1.29 is 14.3 Å². The predicted molar refractivity (Wildman–Crippen MR) is 87.1 cm³/mol. The number of thioether (sulfide) groups is 1. The van der Waals surface area contributed by atoms with E-state index in [0.29, 0.717) is 27.0 Å². The van der Waals surface area contributed by atoms with E-state index in [4.69, 9.17) is 16.3 Å². The molecule has 3 rings (SSSR count). The number of hydrogen-bond donors (Lipinski definition) is 1. The Kier molecular flexibility index (Phi) is 4.18. The zero-order valence-corrected chi connectivity index (χ0v) is 12.8. The highest BCUT2D eigenvalue weighted by Crippen LogP contribution is 2.31. The SMILES string of the molecule is O=C1NC(=O)/C(=C\c2ccccc2Oc2ccc(Cl)cc2)S1. The number of hydrogen-bond acceptors (Lipinski definition) is 4. The van der Waals surface area contributed by atoms with Gasteiger partial charge in [-0.1, -0.05) is 29.8 Å². The number of rotatable bonds is 3. The van der Waals surface area contributed by atoms with Crippen LogP contribution in [0.4, 0.5) is 4.79 Å². The van der Waals surface area contributed by atoms with Crippen LogP contribution in [0.5, 0.6) is 11.5 Å². The summed E-state index contributed by atoms with van der Waals surface area (Å²) in [5.74, 6) is 0.830. The summed E-state index contributed by atoms with van der Waals surface area (Å²) in [6.07, 6.45) is 1.64. The molecule has 1 saturated heterocycles. The van der Waals surface area contributed by atoms with E-state index >= 15 is 0 Å². The molecule has 0 bridgehead atoms. The molecule has 6 heteroatoms. The molecule has 22 heavy (non-hydrogen) atoms. The van der Waals surface area contributed by atoms with Gasteiger partial charge in [-0.3, -0.25) is 14.9 Å². The molecule has 1 N–H and O–H groups in total. The second-order valence-electron chi connectivity index (χ2n) is 4.45. The van der Waals surface area contributed by atoms with Gasteiger partial charge in [0.25, 0.3) is 11.1 Å². The molecule has 1 fully saturated rings. The molecule has 2 aromatic carbocycles. The van der Waals surface area contributed by atoms with Crippen LogP contribution >= 0.6 is 23.4 Å². The molecule has 1 aliphatic heterocycles. The van der Waals surface area contributed by atoms with Crippen molar-refractivity contribution in [2.75, 3.05) is 0 Å². The summed E-state index contributed by atoms with van der Waals surface area (Å²) >= 11 is 6.72. The lowest BCUT2D eigenvalue weighted by Crippen LogP contribution is -2.17. The lowest BCUT2D eigenvalue weighted by molar-refractivity contribution is -0.115. The first-order valence-electron chi connectivity index (χ1n) is 6.39. The molecule has 0 radical (unpaired) electrons. The largest absolute Gasteiger partial charge is 0.457 e. The van der Waals surface area contributed by atoms with Gasteiger partial charge in [-0.25, -0.2) is 0 Å². The molecule has 2 aromatic rings. The number of halogens is 1. The van der Waals surface area contributed by atoms with Crippen molar-refractivity contribution in [1.82, 2.24) is 5.32 Å². The van der Waals surface area contributed by atoms with E-state index in [9.17, 15) is 9.59 Å². The maximum absolute atomic E-state index is 11.6. The number of carbonyl (C=O) groups excluding carboxylic acids is 2. The van der Waals surface area contributed by atoms with E-state index < -0.39 is 5.91 Å². The van der Waals surface area contributed by atoms with Crippen molar-refractivity contribution in [1.29, 1.82) is 0 Å².